The van der Waals surface area contributed by atoms with Crippen LogP contribution >= 0.6 is 11.8 Å². The van der Waals surface area contributed by atoms with Crippen molar-refractivity contribution in [2.24, 2.45) is 0 Å². The molecule has 0 fully saturated rings. The van der Waals surface area contributed by atoms with Gasteiger partial charge in [-0.05, 0) is 19.4 Å². The first-order chi connectivity index (χ1) is 9.13. The lowest BCUT2D eigenvalue weighted by atomic mass is 10.1. The number of aryl methyl sites for hydroxylation is 1. The van der Waals surface area contributed by atoms with E-state index in [2.05, 4.69) is 10.2 Å². The molecule has 0 unspecified atom stereocenters. The predicted molar refractivity (Wildman–Crippen MR) is 71.6 cm³/mol. The van der Waals surface area contributed by atoms with Crippen molar-refractivity contribution < 1.29 is 9.90 Å². The van der Waals surface area contributed by atoms with Gasteiger partial charge in [0.05, 0.1) is 5.97 Å². The van der Waals surface area contributed by atoms with Crippen molar-refractivity contribution in [1.29, 1.82) is 0 Å². The van der Waals surface area contributed by atoms with E-state index in [0.717, 1.165) is 28.7 Å². The molecular weight excluding hydrogens is 262 g/mol. The number of aromatic nitrogens is 3. The maximum absolute atomic E-state index is 10.5. The first-order valence-electron chi connectivity index (χ1n) is 5.95. The Morgan fingerprint density at radius 3 is 2.74 bits per heavy atom. The monoisotopic (exact) mass is 276 g/mol. The molecule has 0 aliphatic carbocycles. The molecule has 2 aromatic rings. The highest BCUT2D eigenvalue weighted by atomic mass is 32.2. The number of carbonyl (C=O) groups excluding carboxylic acids is 1. The molecule has 0 amide bonds. The van der Waals surface area contributed by atoms with Gasteiger partial charge in [-0.2, -0.15) is 0 Å². The van der Waals surface area contributed by atoms with E-state index in [1.165, 1.54) is 0 Å². The van der Waals surface area contributed by atoms with Gasteiger partial charge in [-0.1, -0.05) is 36.0 Å². The molecule has 6 heteroatoms. The zero-order valence-corrected chi connectivity index (χ0v) is 11.6. The van der Waals surface area contributed by atoms with Crippen LogP contribution in [0, 0.1) is 6.92 Å². The second-order valence-electron chi connectivity index (χ2n) is 4.03. The van der Waals surface area contributed by atoms with E-state index in [1.54, 1.807) is 0 Å². The van der Waals surface area contributed by atoms with Crippen LogP contribution in [-0.4, -0.2) is 26.5 Å². The summed E-state index contributed by atoms with van der Waals surface area (Å²) in [6.07, 6.45) is 0. The number of nitrogens with zero attached hydrogens (tertiary/aromatic N) is 3. The molecule has 0 radical (unpaired) electrons. The maximum atomic E-state index is 10.5. The normalized spacial score (nSPS) is 10.6. The van der Waals surface area contributed by atoms with Crippen LogP contribution in [0.25, 0.3) is 11.4 Å². The third kappa shape index (κ3) is 2.96. The predicted octanol–water partition coefficient (Wildman–Crippen LogP) is 1.12. The number of benzene rings is 1. The summed E-state index contributed by atoms with van der Waals surface area (Å²) in [7, 11) is 0. The fourth-order valence-electron chi connectivity index (χ4n) is 1.83. The number of hydrogen-bond acceptors (Lipinski definition) is 5. The molecule has 5 nitrogen and oxygen atoms in total. The number of aliphatic carboxylic acids is 1. The van der Waals surface area contributed by atoms with E-state index in [-0.39, 0.29) is 5.75 Å². The molecule has 1 aromatic carbocycles. The topological polar surface area (TPSA) is 70.8 Å². The van der Waals surface area contributed by atoms with Gasteiger partial charge in [0.2, 0.25) is 0 Å². The number of carboxylic acid groups (broad SMARTS) is 1. The van der Waals surface area contributed by atoms with Gasteiger partial charge in [0.25, 0.3) is 0 Å². The second kappa shape index (κ2) is 5.88. The van der Waals surface area contributed by atoms with Crippen LogP contribution in [0.1, 0.15) is 12.5 Å². The van der Waals surface area contributed by atoms with Crippen LogP contribution < -0.4 is 5.11 Å². The Labute approximate surface area is 115 Å². The Morgan fingerprint density at radius 1 is 1.37 bits per heavy atom. The van der Waals surface area contributed by atoms with Crippen molar-refractivity contribution >= 4 is 17.7 Å². The van der Waals surface area contributed by atoms with Crippen LogP contribution in [-0.2, 0) is 11.3 Å². The Morgan fingerprint density at radius 2 is 2.11 bits per heavy atom. The summed E-state index contributed by atoms with van der Waals surface area (Å²) in [6, 6.07) is 7.92. The molecule has 100 valence electrons. The lowest BCUT2D eigenvalue weighted by Gasteiger charge is -2.09. The number of carbonyl (C=O) groups is 1. The number of carboxylic acids is 1. The van der Waals surface area contributed by atoms with Crippen LogP contribution in [0.5, 0.6) is 0 Å². The van der Waals surface area contributed by atoms with E-state index in [4.69, 9.17) is 0 Å². The molecule has 0 spiro atoms. The molecule has 0 aliphatic rings. The molecule has 0 aliphatic heterocycles. The van der Waals surface area contributed by atoms with Gasteiger partial charge < -0.3 is 14.5 Å². The minimum atomic E-state index is -1.10. The first-order valence-corrected chi connectivity index (χ1v) is 6.94. The van der Waals surface area contributed by atoms with Crippen molar-refractivity contribution in [3.63, 3.8) is 0 Å². The summed E-state index contributed by atoms with van der Waals surface area (Å²) in [5, 5.41) is 19.4. The van der Waals surface area contributed by atoms with Gasteiger partial charge in [0, 0.05) is 17.9 Å². The van der Waals surface area contributed by atoms with Crippen LogP contribution in [0.4, 0.5) is 0 Å². The van der Waals surface area contributed by atoms with E-state index in [1.807, 2.05) is 42.7 Å². The van der Waals surface area contributed by atoms with Crippen molar-refractivity contribution in [3.05, 3.63) is 29.8 Å². The Balaban J connectivity index is 2.37. The van der Waals surface area contributed by atoms with Gasteiger partial charge in [-0.25, -0.2) is 0 Å². The molecule has 0 N–H and O–H groups in total. The zero-order valence-electron chi connectivity index (χ0n) is 10.8. The number of rotatable bonds is 5. The molecule has 1 aromatic heterocycles. The quantitative estimate of drug-likeness (QED) is 0.765. The van der Waals surface area contributed by atoms with E-state index >= 15 is 0 Å². The Bertz CT molecular complexity index is 595. The smallest absolute Gasteiger partial charge is 0.191 e. The SMILES string of the molecule is CCn1c(SCC(=O)[O-])nnc1-c1ccccc1C. The van der Waals surface area contributed by atoms with Gasteiger partial charge in [-0.15, -0.1) is 10.2 Å². The van der Waals surface area contributed by atoms with Crippen molar-refractivity contribution in [1.82, 2.24) is 14.8 Å². The zero-order chi connectivity index (χ0) is 13.8. The number of hydrogen-bond donors (Lipinski definition) is 0. The van der Waals surface area contributed by atoms with Crippen molar-refractivity contribution in [2.75, 3.05) is 5.75 Å². The molecule has 0 atom stereocenters. The fraction of sp³-hybridized carbons (Fsp3) is 0.308. The number of thioether (sulfide) groups is 1. The van der Waals surface area contributed by atoms with Gasteiger partial charge >= 0.3 is 0 Å². The molecule has 0 saturated heterocycles. The average Bonchev–Trinajstić information content (AvgIpc) is 2.79. The van der Waals surface area contributed by atoms with Crippen LogP contribution in [0.3, 0.4) is 0 Å². The molecule has 19 heavy (non-hydrogen) atoms. The van der Waals surface area contributed by atoms with Crippen molar-refractivity contribution in [2.45, 2.75) is 25.5 Å². The van der Waals surface area contributed by atoms with Gasteiger partial charge in [0.1, 0.15) is 0 Å². The highest BCUT2D eigenvalue weighted by Crippen LogP contribution is 2.25. The highest BCUT2D eigenvalue weighted by Gasteiger charge is 2.14. The largest absolute Gasteiger partial charge is 0.549 e. The molecular formula is C13H14N3O2S-. The lowest BCUT2D eigenvalue weighted by Crippen LogP contribution is -2.24. The van der Waals surface area contributed by atoms with Crippen molar-refractivity contribution in [3.8, 4) is 11.4 Å². The summed E-state index contributed by atoms with van der Waals surface area (Å²) >= 11 is 1.13. The van der Waals surface area contributed by atoms with E-state index in [0.29, 0.717) is 11.7 Å². The maximum Gasteiger partial charge on any atom is 0.191 e. The van der Waals surface area contributed by atoms with Crippen LogP contribution in [0.15, 0.2) is 29.4 Å². The lowest BCUT2D eigenvalue weighted by molar-refractivity contribution is -0.301. The standard InChI is InChI=1S/C13H15N3O2S/c1-3-16-12(10-7-5-4-6-9(10)2)14-15-13(16)19-8-11(17)18/h4-7H,3,8H2,1-2H3,(H,17,18)/p-1. The van der Waals surface area contributed by atoms with Gasteiger partial charge in [-0.3, -0.25) is 0 Å². The summed E-state index contributed by atoms with van der Waals surface area (Å²) in [6.45, 7) is 4.68. The minimum Gasteiger partial charge on any atom is -0.549 e. The minimum absolute atomic E-state index is 0.119. The molecule has 0 bridgehead atoms. The summed E-state index contributed by atoms with van der Waals surface area (Å²) in [4.78, 5) is 10.5. The summed E-state index contributed by atoms with van der Waals surface area (Å²) in [5.74, 6) is -0.458. The highest BCUT2D eigenvalue weighted by molar-refractivity contribution is 7.99. The first kappa shape index (κ1) is 13.6. The second-order valence-corrected chi connectivity index (χ2v) is 4.97. The Kier molecular flexibility index (Phi) is 4.21. The summed E-state index contributed by atoms with van der Waals surface area (Å²) < 4.78 is 1.91. The Hall–Kier alpha value is -1.82. The third-order valence-electron chi connectivity index (χ3n) is 2.74. The van der Waals surface area contributed by atoms with E-state index < -0.39 is 5.97 Å². The molecule has 0 saturated carbocycles. The van der Waals surface area contributed by atoms with E-state index in [9.17, 15) is 9.90 Å². The van der Waals surface area contributed by atoms with Crippen LogP contribution in [0.2, 0.25) is 0 Å². The van der Waals surface area contributed by atoms with Gasteiger partial charge in [0.15, 0.2) is 11.0 Å². The fourth-order valence-corrected chi connectivity index (χ4v) is 2.54. The summed E-state index contributed by atoms with van der Waals surface area (Å²) in [5.41, 5.74) is 2.12. The average molecular weight is 276 g/mol. The molecule has 1 heterocycles. The third-order valence-corrected chi connectivity index (χ3v) is 3.68. The molecule has 2 rings (SSSR count).